The van der Waals surface area contributed by atoms with Crippen LogP contribution >= 0.6 is 15.9 Å². The SMILES string of the molecule is O=Cc1cc(C(F)F)nc(Br)c1OC(F)(F)F. The number of ether oxygens (including phenoxy) is 1. The fraction of sp³-hybridized carbons (Fsp3) is 0.250. The van der Waals surface area contributed by atoms with Crippen molar-refractivity contribution in [2.75, 3.05) is 0 Å². The van der Waals surface area contributed by atoms with Crippen molar-refractivity contribution in [3.05, 3.63) is 21.9 Å². The van der Waals surface area contributed by atoms with Gasteiger partial charge in [-0.1, -0.05) is 0 Å². The van der Waals surface area contributed by atoms with E-state index in [1.165, 1.54) is 0 Å². The third-order valence-electron chi connectivity index (χ3n) is 1.55. The molecule has 0 spiro atoms. The van der Waals surface area contributed by atoms with Crippen molar-refractivity contribution in [1.82, 2.24) is 4.98 Å². The lowest BCUT2D eigenvalue weighted by atomic mass is 10.2. The van der Waals surface area contributed by atoms with Gasteiger partial charge in [-0.3, -0.25) is 4.79 Å². The Morgan fingerprint density at radius 3 is 2.41 bits per heavy atom. The van der Waals surface area contributed by atoms with Crippen LogP contribution in [0.15, 0.2) is 10.7 Å². The van der Waals surface area contributed by atoms with Gasteiger partial charge in [0.15, 0.2) is 12.0 Å². The van der Waals surface area contributed by atoms with E-state index in [-0.39, 0.29) is 6.29 Å². The van der Waals surface area contributed by atoms with Gasteiger partial charge in [-0.15, -0.1) is 13.2 Å². The van der Waals surface area contributed by atoms with Gasteiger partial charge < -0.3 is 4.74 Å². The van der Waals surface area contributed by atoms with E-state index < -0.39 is 34.4 Å². The molecule has 0 amide bonds. The number of hydrogen-bond donors (Lipinski definition) is 0. The molecule has 0 saturated carbocycles. The zero-order chi connectivity index (χ0) is 13.2. The highest BCUT2D eigenvalue weighted by molar-refractivity contribution is 9.10. The second-order valence-electron chi connectivity index (χ2n) is 2.72. The summed E-state index contributed by atoms with van der Waals surface area (Å²) in [6, 6.07) is 0.531. The van der Waals surface area contributed by atoms with E-state index in [0.717, 1.165) is 0 Å². The highest BCUT2D eigenvalue weighted by Crippen LogP contribution is 2.34. The first-order chi connectivity index (χ1) is 7.74. The van der Waals surface area contributed by atoms with E-state index in [1.807, 2.05) is 0 Å². The monoisotopic (exact) mass is 319 g/mol. The summed E-state index contributed by atoms with van der Waals surface area (Å²) in [5.41, 5.74) is -1.49. The average Bonchev–Trinajstić information content (AvgIpc) is 2.18. The molecule has 0 aliphatic rings. The third kappa shape index (κ3) is 3.62. The molecule has 0 unspecified atom stereocenters. The lowest BCUT2D eigenvalue weighted by molar-refractivity contribution is -0.275. The van der Waals surface area contributed by atoms with Gasteiger partial charge in [0.1, 0.15) is 10.3 Å². The fourth-order valence-electron chi connectivity index (χ4n) is 0.956. The summed E-state index contributed by atoms with van der Waals surface area (Å²) in [6.45, 7) is 0. The molecule has 0 fully saturated rings. The summed E-state index contributed by atoms with van der Waals surface area (Å²) in [5.74, 6) is -0.947. The number of pyridine rings is 1. The zero-order valence-electron chi connectivity index (χ0n) is 7.76. The Labute approximate surface area is 99.7 Å². The van der Waals surface area contributed by atoms with Crippen LogP contribution in [0.25, 0.3) is 0 Å². The van der Waals surface area contributed by atoms with Crippen LogP contribution in [0.2, 0.25) is 0 Å². The summed E-state index contributed by atoms with van der Waals surface area (Å²) >= 11 is 2.53. The van der Waals surface area contributed by atoms with Gasteiger partial charge in [0.05, 0.1) is 5.56 Å². The van der Waals surface area contributed by atoms with Crippen molar-refractivity contribution in [2.45, 2.75) is 12.8 Å². The molecule has 1 aromatic rings. The van der Waals surface area contributed by atoms with Crippen molar-refractivity contribution in [2.24, 2.45) is 0 Å². The van der Waals surface area contributed by atoms with Gasteiger partial charge in [-0.2, -0.15) is 0 Å². The minimum absolute atomic E-state index is 0.0284. The lowest BCUT2D eigenvalue weighted by Gasteiger charge is -2.12. The summed E-state index contributed by atoms with van der Waals surface area (Å²) < 4.78 is 63.3. The van der Waals surface area contributed by atoms with Gasteiger partial charge in [-0.25, -0.2) is 13.8 Å². The number of aldehydes is 1. The highest BCUT2D eigenvalue weighted by Gasteiger charge is 2.34. The number of halogens is 6. The zero-order valence-corrected chi connectivity index (χ0v) is 9.35. The van der Waals surface area contributed by atoms with E-state index >= 15 is 0 Å². The smallest absolute Gasteiger partial charge is 0.402 e. The molecule has 0 aromatic carbocycles. The first-order valence-electron chi connectivity index (χ1n) is 3.94. The molecule has 0 saturated heterocycles. The van der Waals surface area contributed by atoms with Gasteiger partial charge in [0.2, 0.25) is 0 Å². The van der Waals surface area contributed by atoms with E-state index in [4.69, 9.17) is 0 Å². The van der Waals surface area contributed by atoms with Crippen LogP contribution in [-0.2, 0) is 0 Å². The second kappa shape index (κ2) is 4.94. The number of carbonyl (C=O) groups excluding carboxylic acids is 1. The predicted molar refractivity (Wildman–Crippen MR) is 49.0 cm³/mol. The molecule has 9 heteroatoms. The number of aromatic nitrogens is 1. The van der Waals surface area contributed by atoms with Crippen molar-refractivity contribution in [1.29, 1.82) is 0 Å². The maximum atomic E-state index is 12.3. The molecule has 1 rings (SSSR count). The standard InChI is InChI=1S/C8H3BrF5NO2/c9-6-5(17-8(12,13)14)3(2-16)1-4(15-6)7(10)11/h1-2,7H. The maximum absolute atomic E-state index is 12.3. The number of rotatable bonds is 3. The van der Waals surface area contributed by atoms with Crippen molar-refractivity contribution < 1.29 is 31.5 Å². The Kier molecular flexibility index (Phi) is 4.02. The van der Waals surface area contributed by atoms with Crippen LogP contribution in [0.5, 0.6) is 5.75 Å². The molecule has 1 heterocycles. The maximum Gasteiger partial charge on any atom is 0.573 e. The molecule has 0 aliphatic heterocycles. The Morgan fingerprint density at radius 2 is 2.00 bits per heavy atom. The minimum Gasteiger partial charge on any atom is -0.402 e. The number of nitrogens with zero attached hydrogens (tertiary/aromatic N) is 1. The molecule has 0 N–H and O–H groups in total. The molecule has 1 aromatic heterocycles. The van der Waals surface area contributed by atoms with E-state index in [2.05, 4.69) is 25.7 Å². The normalized spacial score (nSPS) is 11.7. The summed E-state index contributed by atoms with van der Waals surface area (Å²) in [5, 5.41) is 0. The molecule has 0 aliphatic carbocycles. The topological polar surface area (TPSA) is 39.2 Å². The Bertz CT molecular complexity index is 435. The molecule has 0 atom stereocenters. The van der Waals surface area contributed by atoms with Gasteiger partial charge in [0.25, 0.3) is 6.43 Å². The third-order valence-corrected chi connectivity index (χ3v) is 2.09. The van der Waals surface area contributed by atoms with Crippen molar-refractivity contribution >= 4 is 22.2 Å². The van der Waals surface area contributed by atoms with Crippen LogP contribution in [0.3, 0.4) is 0 Å². The fourth-order valence-corrected chi connectivity index (χ4v) is 1.47. The Balaban J connectivity index is 3.26. The molecular formula is C8H3BrF5NO2. The van der Waals surface area contributed by atoms with Crippen LogP contribution < -0.4 is 4.74 Å². The highest BCUT2D eigenvalue weighted by atomic mass is 79.9. The lowest BCUT2D eigenvalue weighted by Crippen LogP contribution is -2.19. The first kappa shape index (κ1) is 13.8. The Hall–Kier alpha value is -1.25. The molecule has 17 heavy (non-hydrogen) atoms. The quantitative estimate of drug-likeness (QED) is 0.486. The molecule has 0 bridgehead atoms. The van der Waals surface area contributed by atoms with Crippen molar-refractivity contribution in [3.63, 3.8) is 0 Å². The van der Waals surface area contributed by atoms with E-state index in [0.29, 0.717) is 6.07 Å². The van der Waals surface area contributed by atoms with E-state index in [9.17, 15) is 26.7 Å². The summed E-state index contributed by atoms with van der Waals surface area (Å²) in [6.07, 6.45) is -8.09. The molecule has 3 nitrogen and oxygen atoms in total. The first-order valence-corrected chi connectivity index (χ1v) is 4.73. The largest absolute Gasteiger partial charge is 0.573 e. The van der Waals surface area contributed by atoms with Crippen LogP contribution in [0.1, 0.15) is 22.5 Å². The van der Waals surface area contributed by atoms with Gasteiger partial charge >= 0.3 is 6.36 Å². The average molecular weight is 320 g/mol. The summed E-state index contributed by atoms with van der Waals surface area (Å²) in [4.78, 5) is 13.6. The van der Waals surface area contributed by atoms with Gasteiger partial charge in [0, 0.05) is 0 Å². The molecular weight excluding hydrogens is 317 g/mol. The van der Waals surface area contributed by atoms with Crippen LogP contribution in [0.4, 0.5) is 22.0 Å². The van der Waals surface area contributed by atoms with Crippen LogP contribution in [0, 0.1) is 0 Å². The Morgan fingerprint density at radius 1 is 1.41 bits per heavy atom. The number of carbonyl (C=O) groups is 1. The summed E-state index contributed by atoms with van der Waals surface area (Å²) in [7, 11) is 0. The molecule has 94 valence electrons. The molecule has 0 radical (unpaired) electrons. The number of hydrogen-bond acceptors (Lipinski definition) is 3. The predicted octanol–water partition coefficient (Wildman–Crippen LogP) is 3.49. The second-order valence-corrected chi connectivity index (χ2v) is 3.47. The van der Waals surface area contributed by atoms with Crippen LogP contribution in [-0.4, -0.2) is 17.6 Å². The minimum atomic E-state index is -5.05. The van der Waals surface area contributed by atoms with Gasteiger partial charge in [-0.05, 0) is 22.0 Å². The van der Waals surface area contributed by atoms with E-state index in [1.54, 1.807) is 0 Å². The number of alkyl halides is 5. The van der Waals surface area contributed by atoms with Crippen molar-refractivity contribution in [3.8, 4) is 5.75 Å².